The summed E-state index contributed by atoms with van der Waals surface area (Å²) in [6, 6.07) is 12.4. The molecule has 0 aliphatic rings. The highest BCUT2D eigenvalue weighted by Gasteiger charge is 2.18. The fourth-order valence-electron chi connectivity index (χ4n) is 2.31. The number of benzene rings is 2. The molecule has 140 valence electrons. The lowest BCUT2D eigenvalue weighted by atomic mass is 10.1. The van der Waals surface area contributed by atoms with E-state index in [-0.39, 0.29) is 29.4 Å². The van der Waals surface area contributed by atoms with Gasteiger partial charge in [0, 0.05) is 30.7 Å². The lowest BCUT2D eigenvalue weighted by Crippen LogP contribution is -2.26. The van der Waals surface area contributed by atoms with Gasteiger partial charge in [0.15, 0.2) is 0 Å². The number of hydrogen-bond acceptors (Lipinski definition) is 7. The molecule has 1 heterocycles. The Balaban J connectivity index is 1.63. The molecule has 0 spiro atoms. The molecule has 3 aromatic rings. The molecule has 2 aromatic carbocycles. The Morgan fingerprint density at radius 3 is 2.59 bits per heavy atom. The van der Waals surface area contributed by atoms with Gasteiger partial charge in [0.2, 0.25) is 21.8 Å². The molecule has 10 heteroatoms. The van der Waals surface area contributed by atoms with E-state index in [4.69, 9.17) is 4.42 Å². The highest BCUT2D eigenvalue weighted by Crippen LogP contribution is 2.19. The maximum Gasteiger partial charge on any atom is 0.270 e. The minimum absolute atomic E-state index is 0.0144. The maximum atomic E-state index is 12.3. The van der Waals surface area contributed by atoms with Crippen molar-refractivity contribution >= 4 is 15.7 Å². The van der Waals surface area contributed by atoms with Crippen molar-refractivity contribution in [2.75, 3.05) is 6.54 Å². The van der Waals surface area contributed by atoms with Crippen LogP contribution in [0.4, 0.5) is 5.69 Å². The monoisotopic (exact) mass is 388 g/mol. The molecule has 1 N–H and O–H groups in total. The summed E-state index contributed by atoms with van der Waals surface area (Å²) in [5.41, 5.74) is 1.59. The second kappa shape index (κ2) is 7.64. The van der Waals surface area contributed by atoms with E-state index in [1.165, 1.54) is 18.2 Å². The molecule has 0 unspecified atom stereocenters. The molecule has 27 heavy (non-hydrogen) atoms. The molecule has 0 amide bonds. The molecule has 0 bridgehead atoms. The molecule has 0 fully saturated rings. The molecule has 1 aromatic heterocycles. The number of nitro groups is 1. The predicted molar refractivity (Wildman–Crippen MR) is 96.5 cm³/mol. The van der Waals surface area contributed by atoms with Crippen LogP contribution in [-0.4, -0.2) is 30.1 Å². The van der Waals surface area contributed by atoms with Crippen LogP contribution in [0.1, 0.15) is 11.5 Å². The zero-order chi connectivity index (χ0) is 19.4. The highest BCUT2D eigenvalue weighted by atomic mass is 32.2. The summed E-state index contributed by atoms with van der Waals surface area (Å²) in [6.45, 7) is 1.98. The van der Waals surface area contributed by atoms with E-state index in [0.29, 0.717) is 5.89 Å². The first kappa shape index (κ1) is 18.7. The predicted octanol–water partition coefficient (Wildman–Crippen LogP) is 2.47. The minimum atomic E-state index is -3.88. The lowest BCUT2D eigenvalue weighted by molar-refractivity contribution is -0.385. The molecule has 0 aliphatic heterocycles. The summed E-state index contributed by atoms with van der Waals surface area (Å²) in [5.74, 6) is 0.638. The van der Waals surface area contributed by atoms with Crippen molar-refractivity contribution in [3.63, 3.8) is 0 Å². The number of sulfonamides is 1. The van der Waals surface area contributed by atoms with Crippen molar-refractivity contribution in [2.45, 2.75) is 18.2 Å². The molecular formula is C17H16N4O5S. The van der Waals surface area contributed by atoms with Crippen molar-refractivity contribution < 1.29 is 17.8 Å². The van der Waals surface area contributed by atoms with E-state index in [0.717, 1.165) is 17.2 Å². The second-order valence-corrected chi connectivity index (χ2v) is 7.54. The van der Waals surface area contributed by atoms with Gasteiger partial charge < -0.3 is 4.42 Å². The average molecular weight is 388 g/mol. The van der Waals surface area contributed by atoms with Crippen LogP contribution in [0.3, 0.4) is 0 Å². The van der Waals surface area contributed by atoms with Gasteiger partial charge in [-0.1, -0.05) is 23.8 Å². The average Bonchev–Trinajstić information content (AvgIpc) is 3.11. The number of aromatic nitrogens is 2. The van der Waals surface area contributed by atoms with Gasteiger partial charge in [0.1, 0.15) is 0 Å². The van der Waals surface area contributed by atoms with Crippen molar-refractivity contribution in [1.29, 1.82) is 0 Å². The Bertz CT molecular complexity index is 1060. The van der Waals surface area contributed by atoms with Crippen LogP contribution >= 0.6 is 0 Å². The van der Waals surface area contributed by atoms with Crippen LogP contribution < -0.4 is 4.72 Å². The Labute approximate surface area is 155 Å². The minimum Gasteiger partial charge on any atom is -0.421 e. The van der Waals surface area contributed by atoms with Gasteiger partial charge in [0.05, 0.1) is 9.82 Å². The molecule has 0 radical (unpaired) electrons. The fraction of sp³-hybridized carbons (Fsp3) is 0.176. The Hall–Kier alpha value is -3.11. The van der Waals surface area contributed by atoms with Crippen LogP contribution in [0.2, 0.25) is 0 Å². The summed E-state index contributed by atoms with van der Waals surface area (Å²) in [4.78, 5) is 9.95. The molecule has 0 saturated heterocycles. The molecule has 0 saturated carbocycles. The standard InChI is InChI=1S/C17H16N4O5S/c1-12-5-7-13(8-6-12)17-20-19-16(26-17)9-10-18-27(24,25)15-4-2-3-14(11-15)21(22)23/h2-8,11,18H,9-10H2,1H3. The Kier molecular flexibility index (Phi) is 5.28. The lowest BCUT2D eigenvalue weighted by Gasteiger charge is -2.05. The van der Waals surface area contributed by atoms with Crippen LogP contribution in [0.15, 0.2) is 57.8 Å². The third-order valence-electron chi connectivity index (χ3n) is 3.74. The van der Waals surface area contributed by atoms with Crippen molar-refractivity contribution in [3.8, 4) is 11.5 Å². The van der Waals surface area contributed by atoms with Crippen molar-refractivity contribution in [1.82, 2.24) is 14.9 Å². The topological polar surface area (TPSA) is 128 Å². The number of non-ortho nitro benzene ring substituents is 1. The van der Waals surface area contributed by atoms with Gasteiger partial charge in [-0.15, -0.1) is 10.2 Å². The van der Waals surface area contributed by atoms with E-state index >= 15 is 0 Å². The number of nitro benzene ring substituents is 1. The zero-order valence-corrected chi connectivity index (χ0v) is 15.1. The quantitative estimate of drug-likeness (QED) is 0.486. The van der Waals surface area contributed by atoms with Gasteiger partial charge in [-0.25, -0.2) is 13.1 Å². The van der Waals surface area contributed by atoms with Crippen molar-refractivity contribution in [2.24, 2.45) is 0 Å². The first-order chi connectivity index (χ1) is 12.8. The largest absolute Gasteiger partial charge is 0.421 e. The normalized spacial score (nSPS) is 11.4. The smallest absolute Gasteiger partial charge is 0.270 e. The van der Waals surface area contributed by atoms with Gasteiger partial charge in [-0.3, -0.25) is 10.1 Å². The van der Waals surface area contributed by atoms with Gasteiger partial charge >= 0.3 is 0 Å². The Morgan fingerprint density at radius 1 is 1.15 bits per heavy atom. The highest BCUT2D eigenvalue weighted by molar-refractivity contribution is 7.89. The summed E-state index contributed by atoms with van der Waals surface area (Å²) in [6.07, 6.45) is 0.188. The van der Waals surface area contributed by atoms with Crippen LogP contribution in [0.5, 0.6) is 0 Å². The molecule has 0 aliphatic carbocycles. The SMILES string of the molecule is Cc1ccc(-c2nnc(CCNS(=O)(=O)c3cccc([N+](=O)[O-])c3)o2)cc1. The van der Waals surface area contributed by atoms with Crippen LogP contribution in [0, 0.1) is 17.0 Å². The number of aryl methyl sites for hydroxylation is 1. The summed E-state index contributed by atoms with van der Waals surface area (Å²) in [7, 11) is -3.88. The van der Waals surface area contributed by atoms with Gasteiger partial charge in [-0.2, -0.15) is 0 Å². The third-order valence-corrected chi connectivity index (χ3v) is 5.19. The van der Waals surface area contributed by atoms with Crippen LogP contribution in [0.25, 0.3) is 11.5 Å². The fourth-order valence-corrected chi connectivity index (χ4v) is 3.38. The van der Waals surface area contributed by atoms with Crippen LogP contribution in [-0.2, 0) is 16.4 Å². The number of nitrogens with one attached hydrogen (secondary N) is 1. The maximum absolute atomic E-state index is 12.3. The molecular weight excluding hydrogens is 372 g/mol. The molecule has 3 rings (SSSR count). The van der Waals surface area contributed by atoms with E-state index in [2.05, 4.69) is 14.9 Å². The second-order valence-electron chi connectivity index (χ2n) is 5.77. The summed E-state index contributed by atoms with van der Waals surface area (Å²) in [5, 5.41) is 18.6. The van der Waals surface area contributed by atoms with E-state index in [9.17, 15) is 18.5 Å². The van der Waals surface area contributed by atoms with Crippen molar-refractivity contribution in [3.05, 3.63) is 70.1 Å². The number of hydrogen-bond donors (Lipinski definition) is 1. The molecule has 9 nitrogen and oxygen atoms in total. The first-order valence-corrected chi connectivity index (χ1v) is 9.47. The van der Waals surface area contributed by atoms with Gasteiger partial charge in [-0.05, 0) is 25.1 Å². The van der Waals surface area contributed by atoms with E-state index in [1.807, 2.05) is 31.2 Å². The number of rotatable bonds is 7. The molecule has 0 atom stereocenters. The zero-order valence-electron chi connectivity index (χ0n) is 14.3. The summed E-state index contributed by atoms with van der Waals surface area (Å²) < 4.78 is 32.4. The van der Waals surface area contributed by atoms with Gasteiger partial charge in [0.25, 0.3) is 5.69 Å². The van der Waals surface area contributed by atoms with E-state index < -0.39 is 14.9 Å². The first-order valence-electron chi connectivity index (χ1n) is 7.99. The summed E-state index contributed by atoms with van der Waals surface area (Å²) >= 11 is 0. The third kappa shape index (κ3) is 4.54. The number of nitrogens with zero attached hydrogens (tertiary/aromatic N) is 3. The Morgan fingerprint density at radius 2 is 1.89 bits per heavy atom. The van der Waals surface area contributed by atoms with E-state index in [1.54, 1.807) is 0 Å².